The first-order valence-corrected chi connectivity index (χ1v) is 9.23. The zero-order valence-corrected chi connectivity index (χ0v) is 15.7. The summed E-state index contributed by atoms with van der Waals surface area (Å²) >= 11 is 0. The second-order valence-electron chi connectivity index (χ2n) is 7.13. The molecule has 2 atom stereocenters. The van der Waals surface area contributed by atoms with Gasteiger partial charge < -0.3 is 9.84 Å². The molecule has 1 saturated heterocycles. The van der Waals surface area contributed by atoms with Crippen molar-refractivity contribution >= 4 is 5.97 Å². The summed E-state index contributed by atoms with van der Waals surface area (Å²) in [5, 5.41) is 9.30. The van der Waals surface area contributed by atoms with E-state index in [-0.39, 0.29) is 17.9 Å². The topological polar surface area (TPSA) is 72.3 Å². The van der Waals surface area contributed by atoms with Crippen molar-refractivity contribution in [1.29, 1.82) is 0 Å². The molecule has 0 radical (unpaired) electrons. The number of aryl methyl sites for hydroxylation is 3. The Kier molecular flexibility index (Phi) is 5.67. The van der Waals surface area contributed by atoms with E-state index in [9.17, 15) is 9.90 Å². The minimum Gasteiger partial charge on any atom is -0.477 e. The number of hydrogen-bond acceptors (Lipinski definition) is 4. The Morgan fingerprint density at radius 1 is 1.23 bits per heavy atom. The van der Waals surface area contributed by atoms with Crippen LogP contribution in [-0.2, 0) is 11.2 Å². The zero-order valence-electron chi connectivity index (χ0n) is 15.7. The third kappa shape index (κ3) is 4.28. The quantitative estimate of drug-likeness (QED) is 0.864. The molecule has 0 unspecified atom stereocenters. The average molecular weight is 354 g/mol. The van der Waals surface area contributed by atoms with Crippen LogP contribution in [0.2, 0.25) is 0 Å². The van der Waals surface area contributed by atoms with E-state index >= 15 is 0 Å². The van der Waals surface area contributed by atoms with Crippen LogP contribution in [0.5, 0.6) is 0 Å². The molecule has 5 heteroatoms. The Bertz CT molecular complexity index is 804. The van der Waals surface area contributed by atoms with Crippen LogP contribution in [0.3, 0.4) is 0 Å². The van der Waals surface area contributed by atoms with Crippen LogP contribution in [0, 0.1) is 20.8 Å². The van der Waals surface area contributed by atoms with Crippen molar-refractivity contribution in [2.45, 2.75) is 65.1 Å². The van der Waals surface area contributed by atoms with E-state index in [0.717, 1.165) is 31.4 Å². The average Bonchev–Trinajstić information content (AvgIpc) is 2.62. The fraction of sp³-hybridized carbons (Fsp3) is 0.476. The number of aromatic carboxylic acids is 1. The highest BCUT2D eigenvalue weighted by molar-refractivity contribution is 5.87. The van der Waals surface area contributed by atoms with E-state index in [0.29, 0.717) is 17.8 Å². The lowest BCUT2D eigenvalue weighted by atomic mass is 9.95. The third-order valence-electron chi connectivity index (χ3n) is 5.03. The van der Waals surface area contributed by atoms with Crippen LogP contribution < -0.4 is 0 Å². The van der Waals surface area contributed by atoms with Gasteiger partial charge in [-0.3, -0.25) is 0 Å². The van der Waals surface area contributed by atoms with Crippen molar-refractivity contribution in [3.05, 3.63) is 58.2 Å². The zero-order chi connectivity index (χ0) is 18.7. The minimum absolute atomic E-state index is 0.106. The fourth-order valence-corrected chi connectivity index (χ4v) is 3.66. The maximum atomic E-state index is 11.3. The number of hydrogen-bond donors (Lipinski definition) is 1. The molecule has 0 saturated carbocycles. The number of ether oxygens (including phenoxy) is 1. The molecule has 2 aromatic rings. The summed E-state index contributed by atoms with van der Waals surface area (Å²) in [6.45, 7) is 5.62. The molecule has 0 spiro atoms. The second kappa shape index (κ2) is 7.96. The molecular formula is C21H26N2O3. The number of carbonyl (C=O) groups is 1. The molecule has 0 bridgehead atoms. The molecule has 1 aromatic carbocycles. The van der Waals surface area contributed by atoms with Gasteiger partial charge in [0.2, 0.25) is 0 Å². The van der Waals surface area contributed by atoms with Crippen LogP contribution in [0.15, 0.2) is 24.3 Å². The molecule has 0 amide bonds. The van der Waals surface area contributed by atoms with E-state index in [1.54, 1.807) is 13.8 Å². The molecule has 138 valence electrons. The van der Waals surface area contributed by atoms with Gasteiger partial charge in [-0.1, -0.05) is 29.8 Å². The van der Waals surface area contributed by atoms with Gasteiger partial charge in [0.15, 0.2) is 5.69 Å². The second-order valence-corrected chi connectivity index (χ2v) is 7.13. The lowest BCUT2D eigenvalue weighted by Crippen LogP contribution is -2.23. The summed E-state index contributed by atoms with van der Waals surface area (Å²) in [5.41, 5.74) is 4.08. The largest absolute Gasteiger partial charge is 0.477 e. The van der Waals surface area contributed by atoms with Crippen LogP contribution in [0.1, 0.15) is 70.5 Å². The van der Waals surface area contributed by atoms with Gasteiger partial charge in [0.05, 0.1) is 12.2 Å². The van der Waals surface area contributed by atoms with Crippen LogP contribution in [0.25, 0.3) is 0 Å². The molecule has 1 fully saturated rings. The Labute approximate surface area is 154 Å². The highest BCUT2D eigenvalue weighted by Crippen LogP contribution is 2.33. The van der Waals surface area contributed by atoms with E-state index in [2.05, 4.69) is 41.2 Å². The molecule has 1 aliphatic heterocycles. The first-order chi connectivity index (χ1) is 12.4. The van der Waals surface area contributed by atoms with E-state index in [1.165, 1.54) is 11.1 Å². The standard InChI is InChI=1S/C21H26N2O3/c1-13-6-4-7-16(12-13)19-9-5-8-17(26-19)10-11-18-14(2)20(21(24)25)23-15(3)22-18/h4,6-7,12,17,19H,5,8-11H2,1-3H3,(H,24,25)/t17-,19+/m0/s1. The lowest BCUT2D eigenvalue weighted by molar-refractivity contribution is -0.0547. The van der Waals surface area contributed by atoms with Gasteiger partial charge in [-0.05, 0) is 58.4 Å². The fourth-order valence-electron chi connectivity index (χ4n) is 3.66. The number of carboxylic acid groups (broad SMARTS) is 1. The molecule has 1 aromatic heterocycles. The number of nitrogens with zero attached hydrogens (tertiary/aromatic N) is 2. The van der Waals surface area contributed by atoms with Crippen LogP contribution in [-0.4, -0.2) is 27.1 Å². The normalized spacial score (nSPS) is 20.1. The molecule has 2 heterocycles. The Morgan fingerprint density at radius 3 is 2.77 bits per heavy atom. The van der Waals surface area contributed by atoms with Crippen molar-refractivity contribution < 1.29 is 14.6 Å². The summed E-state index contributed by atoms with van der Waals surface area (Å²) < 4.78 is 6.34. The molecular weight excluding hydrogens is 328 g/mol. The molecule has 26 heavy (non-hydrogen) atoms. The van der Waals surface area contributed by atoms with Crippen LogP contribution in [0.4, 0.5) is 0 Å². The molecule has 3 rings (SSSR count). The third-order valence-corrected chi connectivity index (χ3v) is 5.03. The summed E-state index contributed by atoms with van der Waals surface area (Å²) in [6, 6.07) is 8.52. The Balaban J connectivity index is 1.67. The first-order valence-electron chi connectivity index (χ1n) is 9.23. The van der Waals surface area contributed by atoms with Crippen molar-refractivity contribution in [3.8, 4) is 0 Å². The molecule has 0 aliphatic carbocycles. The van der Waals surface area contributed by atoms with Crippen LogP contribution >= 0.6 is 0 Å². The maximum absolute atomic E-state index is 11.3. The number of benzene rings is 1. The lowest BCUT2D eigenvalue weighted by Gasteiger charge is -2.30. The van der Waals surface area contributed by atoms with Gasteiger partial charge in [-0.2, -0.15) is 0 Å². The number of carboxylic acids is 1. The number of rotatable bonds is 5. The smallest absolute Gasteiger partial charge is 0.354 e. The van der Waals surface area contributed by atoms with Gasteiger partial charge in [-0.25, -0.2) is 14.8 Å². The van der Waals surface area contributed by atoms with Gasteiger partial charge in [0.1, 0.15) is 5.82 Å². The van der Waals surface area contributed by atoms with Crippen molar-refractivity contribution in [2.24, 2.45) is 0 Å². The van der Waals surface area contributed by atoms with E-state index < -0.39 is 5.97 Å². The van der Waals surface area contributed by atoms with Crippen molar-refractivity contribution in [2.75, 3.05) is 0 Å². The first kappa shape index (κ1) is 18.5. The predicted octanol–water partition coefficient (Wildman–Crippen LogP) is 4.34. The minimum atomic E-state index is -0.998. The highest BCUT2D eigenvalue weighted by atomic mass is 16.5. The van der Waals surface area contributed by atoms with Gasteiger partial charge in [0.25, 0.3) is 0 Å². The summed E-state index contributed by atoms with van der Waals surface area (Å²) in [6.07, 6.45) is 5.12. The van der Waals surface area contributed by atoms with E-state index in [4.69, 9.17) is 4.74 Å². The van der Waals surface area contributed by atoms with Crippen molar-refractivity contribution in [3.63, 3.8) is 0 Å². The summed E-state index contributed by atoms with van der Waals surface area (Å²) in [7, 11) is 0. The van der Waals surface area contributed by atoms with Gasteiger partial charge in [0, 0.05) is 11.3 Å². The van der Waals surface area contributed by atoms with E-state index in [1.807, 2.05) is 0 Å². The Hall–Kier alpha value is -2.27. The summed E-state index contributed by atoms with van der Waals surface area (Å²) in [4.78, 5) is 19.8. The maximum Gasteiger partial charge on any atom is 0.354 e. The van der Waals surface area contributed by atoms with Gasteiger partial charge in [-0.15, -0.1) is 0 Å². The predicted molar refractivity (Wildman–Crippen MR) is 99.4 cm³/mol. The molecule has 1 N–H and O–H groups in total. The van der Waals surface area contributed by atoms with Gasteiger partial charge >= 0.3 is 5.97 Å². The monoisotopic (exact) mass is 354 g/mol. The molecule has 5 nitrogen and oxygen atoms in total. The molecule has 1 aliphatic rings. The number of aromatic nitrogens is 2. The highest BCUT2D eigenvalue weighted by Gasteiger charge is 2.24. The SMILES string of the molecule is Cc1cccc([C@H]2CCC[C@@H](CCc3nc(C)nc(C(=O)O)c3C)O2)c1. The van der Waals surface area contributed by atoms with Crippen molar-refractivity contribution in [1.82, 2.24) is 9.97 Å². The summed E-state index contributed by atoms with van der Waals surface area (Å²) in [5.74, 6) is -0.493. The Morgan fingerprint density at radius 2 is 2.04 bits per heavy atom.